The lowest BCUT2D eigenvalue weighted by atomic mass is 10.1. The Balaban J connectivity index is 1.94. The van der Waals surface area contributed by atoms with Crippen molar-refractivity contribution in [1.82, 2.24) is 5.48 Å². The van der Waals surface area contributed by atoms with Gasteiger partial charge in [0.2, 0.25) is 0 Å². The SMILES string of the molecule is CC(Sc1ccc(-c2ccccc2)cc1)C(=O)NOC(C)(C)C. The predicted molar refractivity (Wildman–Crippen MR) is 96.2 cm³/mol. The molecule has 1 unspecified atom stereocenters. The van der Waals surface area contributed by atoms with Crippen molar-refractivity contribution in [1.29, 1.82) is 0 Å². The molecule has 23 heavy (non-hydrogen) atoms. The monoisotopic (exact) mass is 329 g/mol. The second kappa shape index (κ2) is 7.66. The van der Waals surface area contributed by atoms with E-state index < -0.39 is 5.60 Å². The van der Waals surface area contributed by atoms with Crippen LogP contribution < -0.4 is 5.48 Å². The number of nitrogens with one attached hydrogen (secondary N) is 1. The number of amides is 1. The van der Waals surface area contributed by atoms with Crippen LogP contribution in [-0.2, 0) is 9.63 Å². The van der Waals surface area contributed by atoms with E-state index in [1.54, 1.807) is 0 Å². The molecule has 3 nitrogen and oxygen atoms in total. The fourth-order valence-corrected chi connectivity index (χ4v) is 2.76. The molecule has 0 aliphatic carbocycles. The van der Waals surface area contributed by atoms with Gasteiger partial charge in [0.05, 0.1) is 10.9 Å². The number of hydroxylamine groups is 1. The van der Waals surface area contributed by atoms with Gasteiger partial charge in [0.25, 0.3) is 5.91 Å². The fourth-order valence-electron chi connectivity index (χ4n) is 1.90. The topological polar surface area (TPSA) is 38.3 Å². The van der Waals surface area contributed by atoms with Crippen LogP contribution in [0.2, 0.25) is 0 Å². The van der Waals surface area contributed by atoms with Crippen molar-refractivity contribution < 1.29 is 9.63 Å². The molecule has 1 amide bonds. The van der Waals surface area contributed by atoms with Gasteiger partial charge in [-0.2, -0.15) is 0 Å². The van der Waals surface area contributed by atoms with Gasteiger partial charge in [0.15, 0.2) is 0 Å². The number of carbonyl (C=O) groups excluding carboxylic acids is 1. The smallest absolute Gasteiger partial charge is 0.256 e. The number of carbonyl (C=O) groups is 1. The molecule has 0 bridgehead atoms. The Labute approximate surface area is 142 Å². The molecule has 0 aromatic heterocycles. The maximum atomic E-state index is 12.0. The molecule has 0 saturated heterocycles. The van der Waals surface area contributed by atoms with Crippen LogP contribution in [0.1, 0.15) is 27.7 Å². The summed E-state index contributed by atoms with van der Waals surface area (Å²) in [5, 5.41) is -0.222. The van der Waals surface area contributed by atoms with E-state index >= 15 is 0 Å². The highest BCUT2D eigenvalue weighted by Crippen LogP contribution is 2.27. The summed E-state index contributed by atoms with van der Waals surface area (Å²) in [4.78, 5) is 18.4. The molecule has 122 valence electrons. The highest BCUT2D eigenvalue weighted by Gasteiger charge is 2.18. The lowest BCUT2D eigenvalue weighted by Crippen LogP contribution is -2.37. The molecule has 2 aromatic rings. The molecule has 0 aliphatic heterocycles. The summed E-state index contributed by atoms with van der Waals surface area (Å²) < 4.78 is 0. The molecule has 0 spiro atoms. The Morgan fingerprint density at radius 2 is 1.57 bits per heavy atom. The molecular weight excluding hydrogens is 306 g/mol. The Kier molecular flexibility index (Phi) is 5.85. The predicted octanol–water partition coefficient (Wildman–Crippen LogP) is 4.68. The Bertz CT molecular complexity index is 633. The van der Waals surface area contributed by atoms with Gasteiger partial charge >= 0.3 is 0 Å². The summed E-state index contributed by atoms with van der Waals surface area (Å²) in [6.45, 7) is 7.56. The van der Waals surface area contributed by atoms with Crippen LogP contribution in [0.5, 0.6) is 0 Å². The van der Waals surface area contributed by atoms with Gasteiger partial charge in [-0.3, -0.25) is 9.63 Å². The first kappa shape index (κ1) is 17.6. The molecule has 0 fully saturated rings. The normalized spacial score (nSPS) is 12.7. The van der Waals surface area contributed by atoms with Crippen LogP contribution >= 0.6 is 11.8 Å². The summed E-state index contributed by atoms with van der Waals surface area (Å²) >= 11 is 1.51. The standard InChI is InChI=1S/C19H23NO2S/c1-14(18(21)20-22-19(2,3)4)23-17-12-10-16(11-13-17)15-8-6-5-7-9-15/h5-14H,1-4H3,(H,20,21). The number of rotatable bonds is 5. The number of hydrogen-bond donors (Lipinski definition) is 1. The van der Waals surface area contributed by atoms with Gasteiger partial charge in [0.1, 0.15) is 0 Å². The van der Waals surface area contributed by atoms with Crippen molar-refractivity contribution >= 4 is 17.7 Å². The van der Waals surface area contributed by atoms with E-state index in [4.69, 9.17) is 4.84 Å². The average Bonchev–Trinajstić information content (AvgIpc) is 2.53. The second-order valence-corrected chi connectivity index (χ2v) is 7.75. The summed E-state index contributed by atoms with van der Waals surface area (Å²) in [5.74, 6) is -0.128. The lowest BCUT2D eigenvalue weighted by Gasteiger charge is -2.20. The minimum absolute atomic E-state index is 0.128. The molecule has 0 aliphatic rings. The van der Waals surface area contributed by atoms with E-state index in [9.17, 15) is 4.79 Å². The van der Waals surface area contributed by atoms with Crippen molar-refractivity contribution in [3.8, 4) is 11.1 Å². The zero-order valence-electron chi connectivity index (χ0n) is 14.0. The molecule has 2 aromatic carbocycles. The molecule has 0 heterocycles. The first-order chi connectivity index (χ1) is 10.8. The van der Waals surface area contributed by atoms with E-state index in [1.807, 2.05) is 58.0 Å². The van der Waals surface area contributed by atoms with Gasteiger partial charge in [-0.1, -0.05) is 42.5 Å². The van der Waals surface area contributed by atoms with Gasteiger partial charge < -0.3 is 0 Å². The Morgan fingerprint density at radius 3 is 2.13 bits per heavy atom. The maximum absolute atomic E-state index is 12.0. The highest BCUT2D eigenvalue weighted by atomic mass is 32.2. The van der Waals surface area contributed by atoms with Gasteiger partial charge in [0, 0.05) is 4.90 Å². The average molecular weight is 329 g/mol. The quantitative estimate of drug-likeness (QED) is 0.639. The van der Waals surface area contributed by atoms with Crippen molar-refractivity contribution in [3.63, 3.8) is 0 Å². The van der Waals surface area contributed by atoms with Crippen molar-refractivity contribution in [2.24, 2.45) is 0 Å². The lowest BCUT2D eigenvalue weighted by molar-refractivity contribution is -0.144. The van der Waals surface area contributed by atoms with E-state index in [1.165, 1.54) is 22.9 Å². The molecule has 1 N–H and O–H groups in total. The van der Waals surface area contributed by atoms with E-state index in [2.05, 4.69) is 29.7 Å². The third-order valence-corrected chi connectivity index (χ3v) is 4.21. The Hall–Kier alpha value is -1.78. The fraction of sp³-hybridized carbons (Fsp3) is 0.316. The molecular formula is C19H23NO2S. The Morgan fingerprint density at radius 1 is 1.00 bits per heavy atom. The van der Waals surface area contributed by atoms with Crippen molar-refractivity contribution in [2.75, 3.05) is 0 Å². The molecule has 1 atom stereocenters. The second-order valence-electron chi connectivity index (χ2n) is 6.33. The van der Waals surface area contributed by atoms with Gasteiger partial charge in [-0.05, 0) is 51.0 Å². The van der Waals surface area contributed by atoms with Gasteiger partial charge in [-0.25, -0.2) is 5.48 Å². The van der Waals surface area contributed by atoms with E-state index in [0.29, 0.717) is 0 Å². The van der Waals surface area contributed by atoms with Crippen LogP contribution in [0.25, 0.3) is 11.1 Å². The minimum Gasteiger partial charge on any atom is -0.272 e. The largest absolute Gasteiger partial charge is 0.272 e. The highest BCUT2D eigenvalue weighted by molar-refractivity contribution is 8.00. The van der Waals surface area contributed by atoms with Crippen LogP contribution in [0, 0.1) is 0 Å². The summed E-state index contributed by atoms with van der Waals surface area (Å²) in [6.07, 6.45) is 0. The van der Waals surface area contributed by atoms with Crippen molar-refractivity contribution in [3.05, 3.63) is 54.6 Å². The number of benzene rings is 2. The molecule has 0 saturated carbocycles. The molecule has 2 rings (SSSR count). The van der Waals surface area contributed by atoms with Crippen LogP contribution in [0.15, 0.2) is 59.5 Å². The first-order valence-corrected chi connectivity index (χ1v) is 8.53. The zero-order valence-corrected chi connectivity index (χ0v) is 14.8. The van der Waals surface area contributed by atoms with Crippen LogP contribution in [0.4, 0.5) is 0 Å². The molecule has 0 radical (unpaired) electrons. The van der Waals surface area contributed by atoms with E-state index in [0.717, 1.165) is 4.90 Å². The van der Waals surface area contributed by atoms with Crippen LogP contribution in [-0.4, -0.2) is 16.8 Å². The maximum Gasteiger partial charge on any atom is 0.256 e. The first-order valence-electron chi connectivity index (χ1n) is 7.65. The van der Waals surface area contributed by atoms with E-state index in [-0.39, 0.29) is 11.2 Å². The number of hydrogen-bond acceptors (Lipinski definition) is 3. The summed E-state index contributed by atoms with van der Waals surface area (Å²) in [5.41, 5.74) is 4.49. The summed E-state index contributed by atoms with van der Waals surface area (Å²) in [7, 11) is 0. The van der Waals surface area contributed by atoms with Crippen molar-refractivity contribution in [2.45, 2.75) is 43.4 Å². The summed E-state index contributed by atoms with van der Waals surface area (Å²) in [6, 6.07) is 18.5. The van der Waals surface area contributed by atoms with Crippen LogP contribution in [0.3, 0.4) is 0 Å². The zero-order chi connectivity index (χ0) is 16.9. The molecule has 4 heteroatoms. The minimum atomic E-state index is -0.391. The van der Waals surface area contributed by atoms with Gasteiger partial charge in [-0.15, -0.1) is 11.8 Å². The third kappa shape index (κ3) is 5.73. The number of thioether (sulfide) groups is 1. The third-order valence-electron chi connectivity index (χ3n) is 3.10.